The number of likely N-dealkylation sites (tertiary alicyclic amines) is 1. The number of hydrogen-bond donors (Lipinski definition) is 1. The second-order valence-electron chi connectivity index (χ2n) is 4.92. The van der Waals surface area contributed by atoms with Gasteiger partial charge in [0.2, 0.25) is 5.91 Å². The first-order valence-electron chi connectivity index (χ1n) is 6.93. The van der Waals surface area contributed by atoms with Crippen molar-refractivity contribution in [3.63, 3.8) is 0 Å². The first-order valence-corrected chi connectivity index (χ1v) is 6.93. The van der Waals surface area contributed by atoms with E-state index in [4.69, 9.17) is 0 Å². The summed E-state index contributed by atoms with van der Waals surface area (Å²) in [6, 6.07) is 0. The molecule has 102 valence electrons. The van der Waals surface area contributed by atoms with Crippen LogP contribution in [0.2, 0.25) is 0 Å². The number of allylic oxidation sites excluding steroid dienone is 3. The average Bonchev–Trinajstić information content (AvgIpc) is 2.39. The fraction of sp³-hybridized carbons (Fsp3) is 0.667. The molecule has 1 aliphatic heterocycles. The third kappa shape index (κ3) is 4.94. The molecule has 1 saturated heterocycles. The molecule has 0 saturated carbocycles. The van der Waals surface area contributed by atoms with Gasteiger partial charge in [0.25, 0.3) is 0 Å². The molecule has 1 fully saturated rings. The van der Waals surface area contributed by atoms with Crippen LogP contribution in [0.1, 0.15) is 40.0 Å². The highest BCUT2D eigenvalue weighted by Gasteiger charge is 2.20. The Morgan fingerprint density at radius 1 is 1.33 bits per heavy atom. The molecule has 3 nitrogen and oxygen atoms in total. The van der Waals surface area contributed by atoms with Gasteiger partial charge in [-0.3, -0.25) is 4.79 Å². The summed E-state index contributed by atoms with van der Waals surface area (Å²) in [7, 11) is 0. The second kappa shape index (κ2) is 7.96. The third-order valence-electron chi connectivity index (χ3n) is 3.60. The third-order valence-corrected chi connectivity index (χ3v) is 3.60. The van der Waals surface area contributed by atoms with Gasteiger partial charge >= 0.3 is 0 Å². The highest BCUT2D eigenvalue weighted by atomic mass is 16.2. The molecular weight excluding hydrogens is 224 g/mol. The normalized spacial score (nSPS) is 18.4. The van der Waals surface area contributed by atoms with Crippen LogP contribution in [0, 0.1) is 5.92 Å². The van der Waals surface area contributed by atoms with Crippen molar-refractivity contribution in [1.82, 2.24) is 10.2 Å². The van der Waals surface area contributed by atoms with Crippen LogP contribution in [-0.4, -0.2) is 30.4 Å². The molecule has 18 heavy (non-hydrogen) atoms. The van der Waals surface area contributed by atoms with E-state index in [0.717, 1.165) is 38.9 Å². The van der Waals surface area contributed by atoms with E-state index in [0.29, 0.717) is 5.92 Å². The van der Waals surface area contributed by atoms with E-state index in [-0.39, 0.29) is 5.91 Å². The lowest BCUT2D eigenvalue weighted by Gasteiger charge is -2.31. The fourth-order valence-electron chi connectivity index (χ4n) is 2.26. The number of rotatable bonds is 5. The average molecular weight is 250 g/mol. The number of amides is 1. The first-order chi connectivity index (χ1) is 8.67. The number of hydrogen-bond acceptors (Lipinski definition) is 2. The van der Waals surface area contributed by atoms with E-state index >= 15 is 0 Å². The summed E-state index contributed by atoms with van der Waals surface area (Å²) in [5, 5.41) is 3.52. The largest absolute Gasteiger partial charge is 0.388 e. The monoisotopic (exact) mass is 250 g/mol. The van der Waals surface area contributed by atoms with Crippen LogP contribution in [0.25, 0.3) is 0 Å². The Labute approximate surface area is 111 Å². The van der Waals surface area contributed by atoms with Crippen LogP contribution in [-0.2, 0) is 4.79 Å². The predicted molar refractivity (Wildman–Crippen MR) is 76.2 cm³/mol. The van der Waals surface area contributed by atoms with Crippen molar-refractivity contribution in [2.75, 3.05) is 19.6 Å². The zero-order valence-electron chi connectivity index (χ0n) is 11.9. The highest BCUT2D eigenvalue weighted by molar-refractivity contribution is 5.73. The minimum atomic E-state index is 0.212. The molecule has 0 aliphatic carbocycles. The zero-order chi connectivity index (χ0) is 13.4. The molecule has 1 rings (SSSR count). The van der Waals surface area contributed by atoms with Crippen molar-refractivity contribution in [3.05, 3.63) is 23.9 Å². The summed E-state index contributed by atoms with van der Waals surface area (Å²) >= 11 is 0. The Bertz CT molecular complexity index is 312. The van der Waals surface area contributed by atoms with Gasteiger partial charge in [-0.25, -0.2) is 0 Å². The highest BCUT2D eigenvalue weighted by Crippen LogP contribution is 2.17. The Morgan fingerprint density at radius 3 is 2.50 bits per heavy atom. The van der Waals surface area contributed by atoms with E-state index in [1.165, 1.54) is 5.70 Å². The summed E-state index contributed by atoms with van der Waals surface area (Å²) in [5.41, 5.74) is 1.29. The zero-order valence-corrected chi connectivity index (χ0v) is 11.9. The van der Waals surface area contributed by atoms with Gasteiger partial charge in [-0.15, -0.1) is 0 Å². The quantitative estimate of drug-likeness (QED) is 0.761. The van der Waals surface area contributed by atoms with Gasteiger partial charge in [-0.05, 0) is 32.6 Å². The lowest BCUT2D eigenvalue weighted by Crippen LogP contribution is -2.39. The van der Waals surface area contributed by atoms with Gasteiger partial charge in [0.1, 0.15) is 0 Å². The molecule has 0 aromatic heterocycles. The maximum atomic E-state index is 11.2. The molecular formula is C15H26N2O. The Kier molecular flexibility index (Phi) is 6.55. The van der Waals surface area contributed by atoms with Crippen LogP contribution < -0.4 is 5.32 Å². The van der Waals surface area contributed by atoms with Gasteiger partial charge in [0.15, 0.2) is 0 Å². The fourth-order valence-corrected chi connectivity index (χ4v) is 2.26. The molecule has 0 aromatic rings. The van der Waals surface area contributed by atoms with E-state index in [2.05, 4.69) is 30.5 Å². The van der Waals surface area contributed by atoms with E-state index in [1.54, 1.807) is 6.92 Å². The van der Waals surface area contributed by atoms with Crippen molar-refractivity contribution >= 4 is 5.91 Å². The SMILES string of the molecule is C/C=C\C/C(=C\C)NCC1CCN(C(C)=O)CC1. The molecule has 0 bridgehead atoms. The van der Waals surface area contributed by atoms with Crippen molar-refractivity contribution in [2.24, 2.45) is 5.92 Å². The molecule has 0 unspecified atom stereocenters. The minimum Gasteiger partial charge on any atom is -0.388 e. The van der Waals surface area contributed by atoms with Crippen LogP contribution in [0.15, 0.2) is 23.9 Å². The van der Waals surface area contributed by atoms with Gasteiger partial charge in [0, 0.05) is 38.7 Å². The smallest absolute Gasteiger partial charge is 0.219 e. The molecule has 3 heteroatoms. The maximum Gasteiger partial charge on any atom is 0.219 e. The summed E-state index contributed by atoms with van der Waals surface area (Å²) in [4.78, 5) is 13.2. The van der Waals surface area contributed by atoms with Crippen molar-refractivity contribution in [3.8, 4) is 0 Å². The van der Waals surface area contributed by atoms with E-state index in [9.17, 15) is 4.79 Å². The molecule has 0 spiro atoms. The maximum absolute atomic E-state index is 11.2. The second-order valence-corrected chi connectivity index (χ2v) is 4.92. The Balaban J connectivity index is 2.26. The van der Waals surface area contributed by atoms with Crippen molar-refractivity contribution < 1.29 is 4.79 Å². The molecule has 1 heterocycles. The van der Waals surface area contributed by atoms with E-state index < -0.39 is 0 Å². The van der Waals surface area contributed by atoms with Gasteiger partial charge in [0.05, 0.1) is 0 Å². The summed E-state index contributed by atoms with van der Waals surface area (Å²) in [5.74, 6) is 0.907. The first kappa shape index (κ1) is 14.8. The van der Waals surface area contributed by atoms with Crippen LogP contribution in [0.5, 0.6) is 0 Å². The van der Waals surface area contributed by atoms with Crippen LogP contribution >= 0.6 is 0 Å². The topological polar surface area (TPSA) is 32.3 Å². The van der Waals surface area contributed by atoms with Gasteiger partial charge < -0.3 is 10.2 Å². The number of carbonyl (C=O) groups excluding carboxylic acids is 1. The lowest BCUT2D eigenvalue weighted by molar-refractivity contribution is -0.130. The van der Waals surface area contributed by atoms with E-state index in [1.807, 2.05) is 11.8 Å². The van der Waals surface area contributed by atoms with Crippen LogP contribution in [0.4, 0.5) is 0 Å². The number of nitrogens with one attached hydrogen (secondary N) is 1. The van der Waals surface area contributed by atoms with Crippen molar-refractivity contribution in [2.45, 2.75) is 40.0 Å². The summed E-state index contributed by atoms with van der Waals surface area (Å²) in [6.07, 6.45) is 9.61. The molecule has 1 aliphatic rings. The molecule has 1 amide bonds. The molecule has 1 N–H and O–H groups in total. The Hall–Kier alpha value is -1.25. The number of piperidine rings is 1. The van der Waals surface area contributed by atoms with Crippen LogP contribution in [0.3, 0.4) is 0 Å². The van der Waals surface area contributed by atoms with Gasteiger partial charge in [-0.1, -0.05) is 18.2 Å². The molecule has 0 radical (unpaired) electrons. The molecule has 0 atom stereocenters. The minimum absolute atomic E-state index is 0.212. The number of nitrogens with zero attached hydrogens (tertiary/aromatic N) is 1. The molecule has 0 aromatic carbocycles. The standard InChI is InChI=1S/C15H26N2O/c1-4-6-7-15(5-2)16-12-14-8-10-17(11-9-14)13(3)18/h4-6,14,16H,7-12H2,1-3H3/b6-4-,15-5+. The lowest BCUT2D eigenvalue weighted by atomic mass is 9.96. The summed E-state index contributed by atoms with van der Waals surface area (Å²) < 4.78 is 0. The summed E-state index contributed by atoms with van der Waals surface area (Å²) in [6.45, 7) is 8.65. The van der Waals surface area contributed by atoms with Gasteiger partial charge in [-0.2, -0.15) is 0 Å². The predicted octanol–water partition coefficient (Wildman–Crippen LogP) is 2.70. The Morgan fingerprint density at radius 2 is 2.00 bits per heavy atom. The van der Waals surface area contributed by atoms with Crippen molar-refractivity contribution in [1.29, 1.82) is 0 Å². The number of carbonyl (C=O) groups is 1.